The molecule has 1 atom stereocenters. The third kappa shape index (κ3) is 6.36. The summed E-state index contributed by atoms with van der Waals surface area (Å²) in [4.78, 5) is 18.6. The van der Waals surface area contributed by atoms with Crippen LogP contribution in [0.1, 0.15) is 57.6 Å². The van der Waals surface area contributed by atoms with Crippen LogP contribution in [-0.2, 0) is 17.9 Å². The van der Waals surface area contributed by atoms with Crippen LogP contribution in [-0.4, -0.2) is 36.4 Å². The van der Waals surface area contributed by atoms with Gasteiger partial charge in [-0.15, -0.1) is 0 Å². The number of rotatable bonds is 8. The molecule has 1 aliphatic heterocycles. The number of amides is 1. The number of hydrogen-bond donors (Lipinski definition) is 2. The lowest BCUT2D eigenvalue weighted by Crippen LogP contribution is -2.42. The Morgan fingerprint density at radius 2 is 1.81 bits per heavy atom. The molecule has 1 aromatic carbocycles. The second-order valence-electron chi connectivity index (χ2n) is 7.64. The molecule has 1 aliphatic rings. The fourth-order valence-corrected chi connectivity index (χ4v) is 3.20. The molecular weight excluding hydrogens is 324 g/mol. The van der Waals surface area contributed by atoms with E-state index in [1.807, 2.05) is 17.0 Å². The molecular formula is C21H34N4O. The van der Waals surface area contributed by atoms with Crippen LogP contribution >= 0.6 is 0 Å². The van der Waals surface area contributed by atoms with Crippen LogP contribution in [0.4, 0.5) is 0 Å². The predicted molar refractivity (Wildman–Crippen MR) is 108 cm³/mol. The SMILES string of the molecule is CN=C(NCCCC(=O)N1Cc2ccccc2C1)NC(C)CCC(C)C. The van der Waals surface area contributed by atoms with Gasteiger partial charge >= 0.3 is 0 Å². The summed E-state index contributed by atoms with van der Waals surface area (Å²) in [6, 6.07) is 8.70. The van der Waals surface area contributed by atoms with Gasteiger partial charge in [0.05, 0.1) is 0 Å². The van der Waals surface area contributed by atoms with Crippen molar-refractivity contribution in [1.29, 1.82) is 0 Å². The predicted octanol–water partition coefficient (Wildman–Crippen LogP) is 3.30. The molecule has 1 amide bonds. The second-order valence-corrected chi connectivity index (χ2v) is 7.64. The maximum Gasteiger partial charge on any atom is 0.223 e. The first-order valence-electron chi connectivity index (χ1n) is 9.81. The van der Waals surface area contributed by atoms with Crippen LogP contribution in [0.25, 0.3) is 0 Å². The van der Waals surface area contributed by atoms with Crippen molar-refractivity contribution in [2.45, 2.75) is 65.6 Å². The van der Waals surface area contributed by atoms with Gasteiger partial charge in [0.2, 0.25) is 5.91 Å². The summed E-state index contributed by atoms with van der Waals surface area (Å²) in [6.07, 6.45) is 3.72. The zero-order valence-corrected chi connectivity index (χ0v) is 16.7. The third-order valence-electron chi connectivity index (χ3n) is 4.84. The minimum atomic E-state index is 0.233. The van der Waals surface area contributed by atoms with E-state index in [0.29, 0.717) is 12.5 Å². The summed E-state index contributed by atoms with van der Waals surface area (Å²) in [5.41, 5.74) is 2.55. The quantitative estimate of drug-likeness (QED) is 0.426. The average molecular weight is 359 g/mol. The molecule has 144 valence electrons. The normalized spacial score (nSPS) is 15.1. The van der Waals surface area contributed by atoms with Gasteiger partial charge in [-0.3, -0.25) is 9.79 Å². The lowest BCUT2D eigenvalue weighted by molar-refractivity contribution is -0.131. The Morgan fingerprint density at radius 3 is 2.38 bits per heavy atom. The maximum atomic E-state index is 12.4. The van der Waals surface area contributed by atoms with Crippen molar-refractivity contribution in [1.82, 2.24) is 15.5 Å². The highest BCUT2D eigenvalue weighted by atomic mass is 16.2. The molecule has 0 radical (unpaired) electrons. The highest BCUT2D eigenvalue weighted by Crippen LogP contribution is 2.22. The van der Waals surface area contributed by atoms with Crippen molar-refractivity contribution in [2.24, 2.45) is 10.9 Å². The molecule has 2 rings (SSSR count). The summed E-state index contributed by atoms with van der Waals surface area (Å²) in [6.45, 7) is 8.93. The number of carbonyl (C=O) groups excluding carboxylic acids is 1. The summed E-state index contributed by atoms with van der Waals surface area (Å²) in [5.74, 6) is 1.77. The van der Waals surface area contributed by atoms with E-state index in [-0.39, 0.29) is 5.91 Å². The highest BCUT2D eigenvalue weighted by Gasteiger charge is 2.22. The first kappa shape index (κ1) is 20.3. The molecule has 1 heterocycles. The van der Waals surface area contributed by atoms with Gasteiger partial charge in [0, 0.05) is 39.1 Å². The average Bonchev–Trinajstić information content (AvgIpc) is 3.06. The molecule has 0 saturated carbocycles. The Hall–Kier alpha value is -2.04. The van der Waals surface area contributed by atoms with E-state index in [4.69, 9.17) is 0 Å². The van der Waals surface area contributed by atoms with Crippen LogP contribution in [0.3, 0.4) is 0 Å². The fourth-order valence-electron chi connectivity index (χ4n) is 3.20. The number of benzene rings is 1. The Kier molecular flexibility index (Phi) is 7.95. The lowest BCUT2D eigenvalue weighted by atomic mass is 10.0. The van der Waals surface area contributed by atoms with E-state index >= 15 is 0 Å². The zero-order valence-electron chi connectivity index (χ0n) is 16.7. The van der Waals surface area contributed by atoms with Gasteiger partial charge in [-0.1, -0.05) is 38.1 Å². The first-order valence-corrected chi connectivity index (χ1v) is 9.81. The summed E-state index contributed by atoms with van der Waals surface area (Å²) in [5, 5.41) is 6.74. The number of carbonyl (C=O) groups is 1. The van der Waals surface area contributed by atoms with Crippen molar-refractivity contribution in [3.8, 4) is 0 Å². The highest BCUT2D eigenvalue weighted by molar-refractivity contribution is 5.80. The van der Waals surface area contributed by atoms with Gasteiger partial charge in [-0.05, 0) is 43.2 Å². The number of fused-ring (bicyclic) bond motifs is 1. The monoisotopic (exact) mass is 358 g/mol. The zero-order chi connectivity index (χ0) is 18.9. The molecule has 2 N–H and O–H groups in total. The molecule has 0 spiro atoms. The number of hydrogen-bond acceptors (Lipinski definition) is 2. The van der Waals surface area contributed by atoms with E-state index in [2.05, 4.69) is 48.5 Å². The summed E-state index contributed by atoms with van der Waals surface area (Å²) < 4.78 is 0. The Balaban J connectivity index is 1.64. The fraction of sp³-hybridized carbons (Fsp3) is 0.619. The van der Waals surface area contributed by atoms with Crippen molar-refractivity contribution in [3.63, 3.8) is 0 Å². The first-order chi connectivity index (χ1) is 12.5. The molecule has 1 unspecified atom stereocenters. The molecule has 0 aliphatic carbocycles. The van der Waals surface area contributed by atoms with Crippen LogP contribution in [0, 0.1) is 5.92 Å². The number of nitrogens with one attached hydrogen (secondary N) is 2. The Morgan fingerprint density at radius 1 is 1.15 bits per heavy atom. The van der Waals surface area contributed by atoms with E-state index in [0.717, 1.165) is 44.4 Å². The molecule has 5 nitrogen and oxygen atoms in total. The minimum absolute atomic E-state index is 0.233. The molecule has 0 saturated heterocycles. The smallest absolute Gasteiger partial charge is 0.223 e. The molecule has 0 aromatic heterocycles. The number of aliphatic imine (C=N–C) groups is 1. The van der Waals surface area contributed by atoms with Crippen molar-refractivity contribution in [2.75, 3.05) is 13.6 Å². The third-order valence-corrected chi connectivity index (χ3v) is 4.84. The largest absolute Gasteiger partial charge is 0.356 e. The maximum absolute atomic E-state index is 12.4. The van der Waals surface area contributed by atoms with Crippen LogP contribution in [0.15, 0.2) is 29.3 Å². The van der Waals surface area contributed by atoms with Crippen molar-refractivity contribution < 1.29 is 4.79 Å². The van der Waals surface area contributed by atoms with Gasteiger partial charge < -0.3 is 15.5 Å². The molecule has 0 fully saturated rings. The standard InChI is InChI=1S/C21H34N4O/c1-16(2)11-12-17(3)24-21(22-4)23-13-7-10-20(26)25-14-18-8-5-6-9-19(18)15-25/h5-6,8-9,16-17H,7,10-15H2,1-4H3,(H2,22,23,24). The minimum Gasteiger partial charge on any atom is -0.356 e. The van der Waals surface area contributed by atoms with E-state index in [9.17, 15) is 4.79 Å². The summed E-state index contributed by atoms with van der Waals surface area (Å²) >= 11 is 0. The molecule has 5 heteroatoms. The van der Waals surface area contributed by atoms with Gasteiger partial charge in [0.15, 0.2) is 5.96 Å². The van der Waals surface area contributed by atoms with Crippen LogP contribution < -0.4 is 10.6 Å². The summed E-state index contributed by atoms with van der Waals surface area (Å²) in [7, 11) is 1.79. The van der Waals surface area contributed by atoms with E-state index in [1.54, 1.807) is 7.05 Å². The molecule has 0 bridgehead atoms. The van der Waals surface area contributed by atoms with Crippen LogP contribution in [0.2, 0.25) is 0 Å². The van der Waals surface area contributed by atoms with Crippen LogP contribution in [0.5, 0.6) is 0 Å². The second kappa shape index (κ2) is 10.2. The Bertz CT molecular complexity index is 587. The topological polar surface area (TPSA) is 56.7 Å². The van der Waals surface area contributed by atoms with Crippen molar-refractivity contribution in [3.05, 3.63) is 35.4 Å². The van der Waals surface area contributed by atoms with Gasteiger partial charge in [0.1, 0.15) is 0 Å². The van der Waals surface area contributed by atoms with Gasteiger partial charge in [-0.2, -0.15) is 0 Å². The van der Waals surface area contributed by atoms with Gasteiger partial charge in [0.25, 0.3) is 0 Å². The molecule has 1 aromatic rings. The van der Waals surface area contributed by atoms with Crippen molar-refractivity contribution >= 4 is 11.9 Å². The molecule has 26 heavy (non-hydrogen) atoms. The number of nitrogens with zero attached hydrogens (tertiary/aromatic N) is 2. The van der Waals surface area contributed by atoms with E-state index in [1.165, 1.54) is 17.5 Å². The van der Waals surface area contributed by atoms with E-state index < -0.39 is 0 Å². The lowest BCUT2D eigenvalue weighted by Gasteiger charge is -2.19. The van der Waals surface area contributed by atoms with Gasteiger partial charge in [-0.25, -0.2) is 0 Å². The number of guanidine groups is 1. The Labute approximate surface area is 158 Å².